The molecule has 1 aromatic carbocycles. The number of hydrogen-bond donors (Lipinski definition) is 2. The predicted octanol–water partition coefficient (Wildman–Crippen LogP) is 2.05. The van der Waals surface area contributed by atoms with Gasteiger partial charge in [0.15, 0.2) is 0 Å². The van der Waals surface area contributed by atoms with Gasteiger partial charge < -0.3 is 20.2 Å². The summed E-state index contributed by atoms with van der Waals surface area (Å²) in [7, 11) is 0. The first kappa shape index (κ1) is 17.4. The third kappa shape index (κ3) is 3.38. The molecule has 0 radical (unpaired) electrons. The van der Waals surface area contributed by atoms with Crippen LogP contribution >= 0.6 is 0 Å². The smallest absolute Gasteiger partial charge is 0.317 e. The Morgan fingerprint density at radius 3 is 2.56 bits per heavy atom. The van der Waals surface area contributed by atoms with Crippen molar-refractivity contribution in [1.82, 2.24) is 10.2 Å². The molecule has 2 unspecified atom stereocenters. The zero-order valence-corrected chi connectivity index (χ0v) is 14.0. The van der Waals surface area contributed by atoms with Crippen molar-refractivity contribution in [3.63, 3.8) is 0 Å². The Morgan fingerprint density at radius 2 is 1.96 bits per heavy atom. The van der Waals surface area contributed by atoms with Crippen LogP contribution in [0.2, 0.25) is 0 Å². The number of para-hydroxylation sites is 1. The van der Waals surface area contributed by atoms with Crippen molar-refractivity contribution in [3.8, 4) is 0 Å². The molecule has 2 aliphatic heterocycles. The number of rotatable bonds is 3. The Hall–Kier alpha value is -2.38. The summed E-state index contributed by atoms with van der Waals surface area (Å²) in [6.45, 7) is 2.92. The van der Waals surface area contributed by atoms with Gasteiger partial charge in [0.2, 0.25) is 0 Å². The van der Waals surface area contributed by atoms with E-state index in [9.17, 15) is 23.5 Å². The molecule has 2 N–H and O–H groups in total. The molecule has 0 saturated carbocycles. The third-order valence-electron chi connectivity index (χ3n) is 5.05. The van der Waals surface area contributed by atoms with E-state index in [0.717, 1.165) is 0 Å². The van der Waals surface area contributed by atoms with E-state index in [0.29, 0.717) is 32.5 Å². The normalized spacial score (nSPS) is 26.1. The molecule has 0 aliphatic carbocycles. The second kappa shape index (κ2) is 6.50. The summed E-state index contributed by atoms with van der Waals surface area (Å²) in [6.07, 6.45) is 0.983. The summed E-state index contributed by atoms with van der Waals surface area (Å²) in [6, 6.07) is 3.17. The lowest BCUT2D eigenvalue weighted by atomic mass is 9.90. The highest BCUT2D eigenvalue weighted by Gasteiger charge is 2.42. The number of carbonyl (C=O) groups excluding carboxylic acids is 1. The maximum absolute atomic E-state index is 13.9. The number of nitrogens with zero attached hydrogens (tertiary/aromatic N) is 2. The van der Waals surface area contributed by atoms with Gasteiger partial charge in [0, 0.05) is 32.2 Å². The average molecular weight is 353 g/mol. The largest absolute Gasteiger partial charge is 0.481 e. The van der Waals surface area contributed by atoms with E-state index in [-0.39, 0.29) is 24.3 Å². The number of aliphatic carboxylic acids is 1. The highest BCUT2D eigenvalue weighted by atomic mass is 19.1. The summed E-state index contributed by atoms with van der Waals surface area (Å²) in [5, 5.41) is 12.1. The Morgan fingerprint density at radius 1 is 1.28 bits per heavy atom. The number of hydrogen-bond acceptors (Lipinski definition) is 3. The van der Waals surface area contributed by atoms with Gasteiger partial charge in [-0.3, -0.25) is 4.79 Å². The monoisotopic (exact) mass is 353 g/mol. The number of carboxylic acids is 1. The summed E-state index contributed by atoms with van der Waals surface area (Å²) in [5.74, 6) is -2.16. The Balaban J connectivity index is 1.59. The molecule has 2 saturated heterocycles. The second-order valence-electron chi connectivity index (χ2n) is 6.99. The fourth-order valence-electron chi connectivity index (χ4n) is 3.45. The maximum Gasteiger partial charge on any atom is 0.317 e. The fraction of sp³-hybridized carbons (Fsp3) is 0.529. The van der Waals surface area contributed by atoms with Crippen LogP contribution in [0, 0.1) is 17.0 Å². The number of carbonyl (C=O) groups is 2. The number of likely N-dealkylation sites (tertiary alicyclic amines) is 1. The first-order chi connectivity index (χ1) is 11.8. The van der Waals surface area contributed by atoms with E-state index in [1.807, 2.05) is 0 Å². The lowest BCUT2D eigenvalue weighted by Gasteiger charge is -2.23. The van der Waals surface area contributed by atoms with Crippen molar-refractivity contribution in [2.45, 2.75) is 25.8 Å². The summed E-state index contributed by atoms with van der Waals surface area (Å²) in [5.41, 5.74) is -0.992. The van der Waals surface area contributed by atoms with Gasteiger partial charge in [0.05, 0.1) is 5.41 Å². The molecule has 2 fully saturated rings. The van der Waals surface area contributed by atoms with Crippen molar-refractivity contribution in [2.24, 2.45) is 5.41 Å². The number of halogens is 2. The standard InChI is InChI=1S/C17H21F2N3O3/c1-17(15(23)24)6-8-22(10-17)16(25)20-11-5-7-21(9-11)14-12(18)3-2-4-13(14)19/h2-4,11H,5-10H2,1H3,(H,20,25)(H,23,24). The van der Waals surface area contributed by atoms with Crippen LogP contribution < -0.4 is 10.2 Å². The lowest BCUT2D eigenvalue weighted by Crippen LogP contribution is -2.46. The molecule has 2 aliphatic rings. The van der Waals surface area contributed by atoms with Gasteiger partial charge in [0.25, 0.3) is 0 Å². The van der Waals surface area contributed by atoms with E-state index in [4.69, 9.17) is 0 Å². The minimum Gasteiger partial charge on any atom is -0.481 e. The molecule has 0 spiro atoms. The highest BCUT2D eigenvalue weighted by molar-refractivity contribution is 5.79. The van der Waals surface area contributed by atoms with Crippen LogP contribution in [0.4, 0.5) is 19.3 Å². The molecular formula is C17H21F2N3O3. The van der Waals surface area contributed by atoms with Gasteiger partial charge >= 0.3 is 12.0 Å². The van der Waals surface area contributed by atoms with Crippen molar-refractivity contribution in [3.05, 3.63) is 29.8 Å². The lowest BCUT2D eigenvalue weighted by molar-refractivity contribution is -0.147. The summed E-state index contributed by atoms with van der Waals surface area (Å²) in [4.78, 5) is 26.7. The molecule has 2 amide bonds. The molecule has 6 nitrogen and oxygen atoms in total. The van der Waals surface area contributed by atoms with E-state index >= 15 is 0 Å². The number of urea groups is 1. The fourth-order valence-corrected chi connectivity index (χ4v) is 3.45. The Kier molecular flexibility index (Phi) is 4.53. The highest BCUT2D eigenvalue weighted by Crippen LogP contribution is 2.30. The minimum atomic E-state index is -0.921. The van der Waals surface area contributed by atoms with Gasteiger partial charge in [0.1, 0.15) is 17.3 Å². The van der Waals surface area contributed by atoms with Crippen LogP contribution in [0.5, 0.6) is 0 Å². The van der Waals surface area contributed by atoms with E-state index < -0.39 is 23.0 Å². The molecule has 3 rings (SSSR count). The quantitative estimate of drug-likeness (QED) is 0.872. The molecule has 1 aromatic rings. The average Bonchev–Trinajstić information content (AvgIpc) is 3.15. The molecule has 2 heterocycles. The van der Waals surface area contributed by atoms with Crippen LogP contribution in [0.3, 0.4) is 0 Å². The SMILES string of the molecule is CC1(C(=O)O)CCN(C(=O)NC2CCN(c3c(F)cccc3F)C2)C1. The Bertz CT molecular complexity index is 679. The molecule has 8 heteroatoms. The maximum atomic E-state index is 13.9. The van der Waals surface area contributed by atoms with Gasteiger partial charge in [-0.05, 0) is 31.9 Å². The van der Waals surface area contributed by atoms with Crippen molar-refractivity contribution >= 4 is 17.7 Å². The summed E-state index contributed by atoms with van der Waals surface area (Å²) >= 11 is 0. The number of nitrogens with one attached hydrogen (secondary N) is 1. The topological polar surface area (TPSA) is 72.9 Å². The first-order valence-corrected chi connectivity index (χ1v) is 8.28. The molecule has 0 bridgehead atoms. The van der Waals surface area contributed by atoms with E-state index in [1.165, 1.54) is 23.1 Å². The van der Waals surface area contributed by atoms with Crippen LogP contribution in [0.1, 0.15) is 19.8 Å². The zero-order chi connectivity index (χ0) is 18.2. The minimum absolute atomic E-state index is 0.0705. The number of anilines is 1. The number of amides is 2. The van der Waals surface area contributed by atoms with E-state index in [2.05, 4.69) is 5.32 Å². The molecule has 136 valence electrons. The molecular weight excluding hydrogens is 332 g/mol. The van der Waals surface area contributed by atoms with Gasteiger partial charge in [-0.15, -0.1) is 0 Å². The van der Waals surface area contributed by atoms with E-state index in [1.54, 1.807) is 11.8 Å². The van der Waals surface area contributed by atoms with Crippen LogP contribution in [0.15, 0.2) is 18.2 Å². The molecule has 2 atom stereocenters. The molecule has 0 aromatic heterocycles. The van der Waals surface area contributed by atoms with Gasteiger partial charge in [-0.1, -0.05) is 6.07 Å². The van der Waals surface area contributed by atoms with Crippen LogP contribution in [0.25, 0.3) is 0 Å². The van der Waals surface area contributed by atoms with Crippen molar-refractivity contribution in [2.75, 3.05) is 31.1 Å². The van der Waals surface area contributed by atoms with Crippen LogP contribution in [-0.2, 0) is 4.79 Å². The first-order valence-electron chi connectivity index (χ1n) is 8.28. The predicted molar refractivity (Wildman–Crippen MR) is 87.4 cm³/mol. The second-order valence-corrected chi connectivity index (χ2v) is 6.99. The van der Waals surface area contributed by atoms with Gasteiger partial charge in [-0.25, -0.2) is 13.6 Å². The third-order valence-corrected chi connectivity index (χ3v) is 5.05. The number of benzene rings is 1. The Labute approximate surface area is 144 Å². The zero-order valence-electron chi connectivity index (χ0n) is 14.0. The molecule has 25 heavy (non-hydrogen) atoms. The van der Waals surface area contributed by atoms with Crippen molar-refractivity contribution < 1.29 is 23.5 Å². The number of carboxylic acid groups (broad SMARTS) is 1. The van der Waals surface area contributed by atoms with Crippen LogP contribution in [-0.4, -0.2) is 54.2 Å². The van der Waals surface area contributed by atoms with Crippen molar-refractivity contribution in [1.29, 1.82) is 0 Å². The van der Waals surface area contributed by atoms with Gasteiger partial charge in [-0.2, -0.15) is 0 Å². The summed E-state index contributed by atoms with van der Waals surface area (Å²) < 4.78 is 27.7.